The van der Waals surface area contributed by atoms with Gasteiger partial charge in [-0.15, -0.1) is 11.3 Å². The van der Waals surface area contributed by atoms with E-state index in [0.29, 0.717) is 6.54 Å². The molecule has 0 radical (unpaired) electrons. The summed E-state index contributed by atoms with van der Waals surface area (Å²) in [6.45, 7) is 3.63. The Kier molecular flexibility index (Phi) is 8.94. The van der Waals surface area contributed by atoms with Crippen molar-refractivity contribution in [2.24, 2.45) is 5.73 Å². The molecule has 2 nitrogen and oxygen atoms in total. The molecule has 0 amide bonds. The second kappa shape index (κ2) is 9.96. The van der Waals surface area contributed by atoms with Crippen molar-refractivity contribution in [2.75, 3.05) is 13.2 Å². The number of nitrogens with two attached hydrogens (primary N) is 1. The molecule has 0 saturated heterocycles. The van der Waals surface area contributed by atoms with Crippen molar-refractivity contribution >= 4 is 27.3 Å². The maximum Gasteiger partial charge on any atom is 0.104 e. The Bertz CT molecular complexity index is 316. The highest BCUT2D eigenvalue weighted by atomic mass is 79.9. The second-order valence-electron chi connectivity index (χ2n) is 4.50. The Morgan fingerprint density at radius 2 is 1.94 bits per heavy atom. The quantitative estimate of drug-likeness (QED) is 0.619. The van der Waals surface area contributed by atoms with E-state index >= 15 is 0 Å². The molecular weight excluding hydrogens is 310 g/mol. The summed E-state index contributed by atoms with van der Waals surface area (Å²) in [5, 5.41) is 0. The van der Waals surface area contributed by atoms with Gasteiger partial charge >= 0.3 is 0 Å². The topological polar surface area (TPSA) is 35.2 Å². The molecular formula is C14H24BrNOS. The predicted molar refractivity (Wildman–Crippen MR) is 83.1 cm³/mol. The van der Waals surface area contributed by atoms with Crippen molar-refractivity contribution < 1.29 is 4.74 Å². The summed E-state index contributed by atoms with van der Waals surface area (Å²) in [4.78, 5) is 1.22. The first-order valence-electron chi connectivity index (χ1n) is 6.84. The number of unbranched alkanes of at least 4 members (excludes halogenated alkanes) is 5. The van der Waals surface area contributed by atoms with Crippen molar-refractivity contribution in [3.8, 4) is 0 Å². The summed E-state index contributed by atoms with van der Waals surface area (Å²) in [7, 11) is 0. The molecule has 1 unspecified atom stereocenters. The number of halogens is 1. The molecule has 2 N–H and O–H groups in total. The molecule has 0 aliphatic heterocycles. The molecule has 0 fully saturated rings. The van der Waals surface area contributed by atoms with Gasteiger partial charge in [0, 0.05) is 18.0 Å². The standard InChI is InChI=1S/C14H24BrNOS/c1-2-3-4-5-6-7-10-17-12(11-16)13-8-9-14(15)18-13/h8-9,12H,2-7,10-11,16H2,1H3. The molecule has 104 valence electrons. The smallest absolute Gasteiger partial charge is 0.104 e. The fraction of sp³-hybridized carbons (Fsp3) is 0.714. The first kappa shape index (κ1) is 16.2. The van der Waals surface area contributed by atoms with Crippen LogP contribution in [-0.4, -0.2) is 13.2 Å². The molecule has 1 aromatic rings. The molecule has 1 atom stereocenters. The lowest BCUT2D eigenvalue weighted by Crippen LogP contribution is -2.15. The number of thiophene rings is 1. The predicted octanol–water partition coefficient (Wildman–Crippen LogP) is 4.89. The lowest BCUT2D eigenvalue weighted by molar-refractivity contribution is 0.0581. The van der Waals surface area contributed by atoms with E-state index in [1.165, 1.54) is 37.0 Å². The van der Waals surface area contributed by atoms with E-state index in [0.717, 1.165) is 16.8 Å². The van der Waals surface area contributed by atoms with Crippen LogP contribution in [0.3, 0.4) is 0 Å². The minimum absolute atomic E-state index is 0.0666. The van der Waals surface area contributed by atoms with Gasteiger partial charge in [0.15, 0.2) is 0 Å². The Morgan fingerprint density at radius 3 is 2.56 bits per heavy atom. The van der Waals surface area contributed by atoms with Gasteiger partial charge in [-0.05, 0) is 34.5 Å². The van der Waals surface area contributed by atoms with Gasteiger partial charge in [0.25, 0.3) is 0 Å². The summed E-state index contributed by atoms with van der Waals surface area (Å²) in [5.41, 5.74) is 5.76. The highest BCUT2D eigenvalue weighted by Gasteiger charge is 2.11. The fourth-order valence-electron chi connectivity index (χ4n) is 1.88. The van der Waals surface area contributed by atoms with Crippen molar-refractivity contribution in [1.82, 2.24) is 0 Å². The molecule has 4 heteroatoms. The van der Waals surface area contributed by atoms with E-state index in [1.54, 1.807) is 11.3 Å². The largest absolute Gasteiger partial charge is 0.371 e. The molecule has 1 aromatic heterocycles. The summed E-state index contributed by atoms with van der Waals surface area (Å²) in [5.74, 6) is 0. The van der Waals surface area contributed by atoms with E-state index < -0.39 is 0 Å². The molecule has 0 aliphatic rings. The minimum atomic E-state index is 0.0666. The molecule has 0 aliphatic carbocycles. The monoisotopic (exact) mass is 333 g/mol. The van der Waals surface area contributed by atoms with E-state index in [9.17, 15) is 0 Å². The first-order valence-corrected chi connectivity index (χ1v) is 8.45. The Hall–Kier alpha value is 0.1000. The zero-order valence-electron chi connectivity index (χ0n) is 11.2. The molecule has 1 rings (SSSR count). The van der Waals surface area contributed by atoms with Crippen LogP contribution in [0.5, 0.6) is 0 Å². The molecule has 0 bridgehead atoms. The first-order chi connectivity index (χ1) is 8.77. The Morgan fingerprint density at radius 1 is 1.22 bits per heavy atom. The number of hydrogen-bond donors (Lipinski definition) is 1. The summed E-state index contributed by atoms with van der Waals surface area (Å²) >= 11 is 5.18. The van der Waals surface area contributed by atoms with Gasteiger partial charge < -0.3 is 10.5 Å². The summed E-state index contributed by atoms with van der Waals surface area (Å²) in [6, 6.07) is 4.14. The van der Waals surface area contributed by atoms with Crippen LogP contribution in [0.25, 0.3) is 0 Å². The maximum atomic E-state index is 5.86. The third kappa shape index (κ3) is 6.32. The Balaban J connectivity index is 2.13. The highest BCUT2D eigenvalue weighted by Crippen LogP contribution is 2.28. The van der Waals surface area contributed by atoms with Gasteiger partial charge in [0.05, 0.1) is 3.79 Å². The van der Waals surface area contributed by atoms with Crippen LogP contribution in [0.2, 0.25) is 0 Å². The van der Waals surface area contributed by atoms with Gasteiger partial charge in [-0.25, -0.2) is 0 Å². The van der Waals surface area contributed by atoms with Crippen molar-refractivity contribution in [1.29, 1.82) is 0 Å². The average molecular weight is 334 g/mol. The minimum Gasteiger partial charge on any atom is -0.371 e. The molecule has 0 aromatic carbocycles. The van der Waals surface area contributed by atoms with Crippen LogP contribution in [0.1, 0.15) is 56.4 Å². The van der Waals surface area contributed by atoms with Crippen LogP contribution >= 0.6 is 27.3 Å². The van der Waals surface area contributed by atoms with Gasteiger partial charge in [-0.3, -0.25) is 0 Å². The number of ether oxygens (including phenoxy) is 1. The van der Waals surface area contributed by atoms with Gasteiger partial charge in [-0.2, -0.15) is 0 Å². The van der Waals surface area contributed by atoms with E-state index in [4.69, 9.17) is 10.5 Å². The van der Waals surface area contributed by atoms with E-state index in [-0.39, 0.29) is 6.10 Å². The molecule has 0 saturated carbocycles. The molecule has 1 heterocycles. The van der Waals surface area contributed by atoms with Gasteiger partial charge in [0.1, 0.15) is 6.10 Å². The van der Waals surface area contributed by atoms with Crippen molar-refractivity contribution in [3.63, 3.8) is 0 Å². The third-order valence-electron chi connectivity index (χ3n) is 2.94. The number of hydrogen-bond acceptors (Lipinski definition) is 3. The van der Waals surface area contributed by atoms with Crippen molar-refractivity contribution in [3.05, 3.63) is 20.8 Å². The number of rotatable bonds is 10. The normalized spacial score (nSPS) is 12.8. The Labute approximate surface area is 123 Å². The third-order valence-corrected chi connectivity index (χ3v) is 4.66. The van der Waals surface area contributed by atoms with Crippen LogP contribution < -0.4 is 5.73 Å². The van der Waals surface area contributed by atoms with Crippen LogP contribution in [0, 0.1) is 0 Å². The SMILES string of the molecule is CCCCCCCCOC(CN)c1ccc(Br)s1. The lowest BCUT2D eigenvalue weighted by atomic mass is 10.1. The van der Waals surface area contributed by atoms with E-state index in [2.05, 4.69) is 35.0 Å². The van der Waals surface area contributed by atoms with Crippen LogP contribution in [0.15, 0.2) is 15.9 Å². The zero-order chi connectivity index (χ0) is 13.2. The van der Waals surface area contributed by atoms with E-state index in [1.807, 2.05) is 0 Å². The van der Waals surface area contributed by atoms with Gasteiger partial charge in [0.2, 0.25) is 0 Å². The molecule has 0 spiro atoms. The van der Waals surface area contributed by atoms with Crippen LogP contribution in [0.4, 0.5) is 0 Å². The second-order valence-corrected chi connectivity index (χ2v) is 7.00. The molecule has 18 heavy (non-hydrogen) atoms. The maximum absolute atomic E-state index is 5.86. The lowest BCUT2D eigenvalue weighted by Gasteiger charge is -2.14. The van der Waals surface area contributed by atoms with Crippen molar-refractivity contribution in [2.45, 2.75) is 51.6 Å². The van der Waals surface area contributed by atoms with Gasteiger partial charge in [-0.1, -0.05) is 39.0 Å². The van der Waals surface area contributed by atoms with Crippen LogP contribution in [-0.2, 0) is 4.74 Å². The summed E-state index contributed by atoms with van der Waals surface area (Å²) < 4.78 is 7.00. The fourth-order valence-corrected chi connectivity index (χ4v) is 3.36. The highest BCUT2D eigenvalue weighted by molar-refractivity contribution is 9.11. The average Bonchev–Trinajstić information content (AvgIpc) is 2.79. The summed E-state index contributed by atoms with van der Waals surface area (Å²) in [6.07, 6.45) is 7.83. The zero-order valence-corrected chi connectivity index (χ0v) is 13.6.